The first-order valence-electron chi connectivity index (χ1n) is 9.06. The van der Waals surface area contributed by atoms with Crippen LogP contribution in [-0.2, 0) is 20.9 Å². The molecular formula is C19H27N3O3. The summed E-state index contributed by atoms with van der Waals surface area (Å²) in [6.07, 6.45) is 5.71. The van der Waals surface area contributed by atoms with Gasteiger partial charge >= 0.3 is 0 Å². The molecule has 3 rings (SSSR count). The Morgan fingerprint density at radius 1 is 1.32 bits per heavy atom. The molecule has 1 aromatic heterocycles. The van der Waals surface area contributed by atoms with Crippen LogP contribution in [0, 0.1) is 5.41 Å². The van der Waals surface area contributed by atoms with Crippen LogP contribution < -0.4 is 0 Å². The van der Waals surface area contributed by atoms with Crippen molar-refractivity contribution in [3.05, 3.63) is 30.1 Å². The number of ether oxygens (including phenoxy) is 1. The molecule has 1 spiro atoms. The Morgan fingerprint density at radius 3 is 2.96 bits per heavy atom. The largest absolute Gasteiger partial charge is 0.384 e. The number of likely N-dealkylation sites (tertiary alicyclic amines) is 2. The lowest BCUT2D eigenvalue weighted by molar-refractivity contribution is -0.144. The predicted molar refractivity (Wildman–Crippen MR) is 93.6 cm³/mol. The minimum atomic E-state index is 0.0314. The van der Waals surface area contributed by atoms with Crippen molar-refractivity contribution < 1.29 is 14.3 Å². The molecule has 0 saturated carbocycles. The van der Waals surface area contributed by atoms with E-state index in [9.17, 15) is 9.59 Å². The Labute approximate surface area is 149 Å². The molecule has 6 heteroatoms. The molecule has 0 N–H and O–H groups in total. The van der Waals surface area contributed by atoms with Gasteiger partial charge in [-0.15, -0.1) is 0 Å². The lowest BCUT2D eigenvalue weighted by Gasteiger charge is -2.48. The molecule has 2 aliphatic rings. The van der Waals surface area contributed by atoms with Crippen LogP contribution in [0.25, 0.3) is 0 Å². The van der Waals surface area contributed by atoms with E-state index in [1.165, 1.54) is 0 Å². The van der Waals surface area contributed by atoms with Crippen molar-refractivity contribution >= 4 is 11.8 Å². The highest BCUT2D eigenvalue weighted by Gasteiger charge is 2.42. The molecule has 0 bridgehead atoms. The maximum Gasteiger partial charge on any atom is 0.224 e. The second-order valence-electron chi connectivity index (χ2n) is 7.23. The second-order valence-corrected chi connectivity index (χ2v) is 7.23. The van der Waals surface area contributed by atoms with Gasteiger partial charge in [-0.3, -0.25) is 14.6 Å². The van der Waals surface area contributed by atoms with Crippen LogP contribution in [0.3, 0.4) is 0 Å². The number of methoxy groups -OCH3 is 1. The van der Waals surface area contributed by atoms with Crippen molar-refractivity contribution in [2.45, 2.75) is 38.6 Å². The molecule has 2 fully saturated rings. The van der Waals surface area contributed by atoms with E-state index in [1.807, 2.05) is 28.0 Å². The summed E-state index contributed by atoms with van der Waals surface area (Å²) in [4.78, 5) is 33.0. The molecule has 25 heavy (non-hydrogen) atoms. The van der Waals surface area contributed by atoms with Crippen molar-refractivity contribution in [2.75, 3.05) is 33.4 Å². The average Bonchev–Trinajstić information content (AvgIpc) is 2.64. The fourth-order valence-electron chi connectivity index (χ4n) is 4.03. The summed E-state index contributed by atoms with van der Waals surface area (Å²) in [6, 6.07) is 5.78. The van der Waals surface area contributed by atoms with Gasteiger partial charge in [0.05, 0.1) is 25.3 Å². The van der Waals surface area contributed by atoms with Gasteiger partial charge in [0.1, 0.15) is 0 Å². The SMILES string of the molecule is COCCC(=O)N1CCC[C@]2(CCC(=O)N(Cc3ccccn3)C2)C1. The number of nitrogens with zero attached hydrogens (tertiary/aromatic N) is 3. The predicted octanol–water partition coefficient (Wildman–Crippen LogP) is 1.85. The minimum Gasteiger partial charge on any atom is -0.384 e. The zero-order chi connectivity index (χ0) is 17.7. The maximum atomic E-state index is 12.4. The first kappa shape index (κ1) is 17.9. The molecule has 0 aliphatic carbocycles. The summed E-state index contributed by atoms with van der Waals surface area (Å²) in [7, 11) is 1.62. The van der Waals surface area contributed by atoms with E-state index in [0.29, 0.717) is 26.0 Å². The Balaban J connectivity index is 1.66. The summed E-state index contributed by atoms with van der Waals surface area (Å²) in [5.41, 5.74) is 0.945. The highest BCUT2D eigenvalue weighted by molar-refractivity contribution is 5.78. The van der Waals surface area contributed by atoms with Crippen molar-refractivity contribution in [1.82, 2.24) is 14.8 Å². The molecule has 1 atom stereocenters. The molecule has 2 aliphatic heterocycles. The number of carbonyl (C=O) groups is 2. The van der Waals surface area contributed by atoms with Gasteiger partial charge in [-0.05, 0) is 31.4 Å². The van der Waals surface area contributed by atoms with Gasteiger partial charge in [0.15, 0.2) is 0 Å². The van der Waals surface area contributed by atoms with E-state index in [1.54, 1.807) is 13.3 Å². The maximum absolute atomic E-state index is 12.4. The molecule has 2 saturated heterocycles. The van der Waals surface area contributed by atoms with Gasteiger partial charge in [0.25, 0.3) is 0 Å². The number of hydrogen-bond donors (Lipinski definition) is 0. The summed E-state index contributed by atoms with van der Waals surface area (Å²) >= 11 is 0. The molecule has 0 radical (unpaired) electrons. The lowest BCUT2D eigenvalue weighted by Crippen LogP contribution is -2.54. The smallest absolute Gasteiger partial charge is 0.224 e. The van der Waals surface area contributed by atoms with Gasteiger partial charge in [0.2, 0.25) is 11.8 Å². The Hall–Kier alpha value is -1.95. The average molecular weight is 345 g/mol. The molecule has 2 amide bonds. The van der Waals surface area contributed by atoms with Gasteiger partial charge in [-0.25, -0.2) is 0 Å². The highest BCUT2D eigenvalue weighted by atomic mass is 16.5. The molecule has 1 aromatic rings. The van der Waals surface area contributed by atoms with E-state index in [-0.39, 0.29) is 17.2 Å². The molecule has 6 nitrogen and oxygen atoms in total. The fraction of sp³-hybridized carbons (Fsp3) is 0.632. The van der Waals surface area contributed by atoms with E-state index >= 15 is 0 Å². The third-order valence-corrected chi connectivity index (χ3v) is 5.36. The minimum absolute atomic E-state index is 0.0314. The number of aromatic nitrogens is 1. The van der Waals surface area contributed by atoms with Crippen LogP contribution in [-0.4, -0.2) is 59.9 Å². The van der Waals surface area contributed by atoms with Crippen LogP contribution in [0.5, 0.6) is 0 Å². The van der Waals surface area contributed by atoms with Crippen LogP contribution in [0.15, 0.2) is 24.4 Å². The number of rotatable bonds is 5. The number of piperidine rings is 2. The number of hydrogen-bond acceptors (Lipinski definition) is 4. The van der Waals surface area contributed by atoms with E-state index < -0.39 is 0 Å². The summed E-state index contributed by atoms with van der Waals surface area (Å²) in [6.45, 7) is 3.31. The fourth-order valence-corrected chi connectivity index (χ4v) is 4.03. The van der Waals surface area contributed by atoms with Crippen LogP contribution in [0.1, 0.15) is 37.8 Å². The van der Waals surface area contributed by atoms with Crippen molar-refractivity contribution in [2.24, 2.45) is 5.41 Å². The lowest BCUT2D eigenvalue weighted by atomic mass is 9.73. The molecular weight excluding hydrogens is 318 g/mol. The van der Waals surface area contributed by atoms with Gasteiger partial charge < -0.3 is 14.5 Å². The van der Waals surface area contributed by atoms with E-state index in [0.717, 1.165) is 44.6 Å². The topological polar surface area (TPSA) is 62.7 Å². The number of amides is 2. The first-order valence-corrected chi connectivity index (χ1v) is 9.06. The molecule has 3 heterocycles. The van der Waals surface area contributed by atoms with Crippen LogP contribution in [0.4, 0.5) is 0 Å². The van der Waals surface area contributed by atoms with E-state index in [4.69, 9.17) is 4.74 Å². The Kier molecular flexibility index (Phi) is 5.68. The summed E-state index contributed by atoms with van der Waals surface area (Å²) < 4.78 is 5.03. The van der Waals surface area contributed by atoms with Gasteiger partial charge in [-0.1, -0.05) is 6.07 Å². The molecule has 0 unspecified atom stereocenters. The standard InChI is InChI=1S/C19H27N3O3/c1-25-12-7-18(24)21-11-4-8-19(14-21)9-6-17(23)22(15-19)13-16-5-2-3-10-20-16/h2-3,5,10H,4,6-9,11-15H2,1H3/t19-/m0/s1. The number of pyridine rings is 1. The zero-order valence-electron chi connectivity index (χ0n) is 14.9. The van der Waals surface area contributed by atoms with E-state index in [2.05, 4.69) is 4.98 Å². The zero-order valence-corrected chi connectivity index (χ0v) is 14.9. The monoisotopic (exact) mass is 345 g/mol. The van der Waals surface area contributed by atoms with Gasteiger partial charge in [0, 0.05) is 44.8 Å². The van der Waals surface area contributed by atoms with Crippen LogP contribution >= 0.6 is 0 Å². The summed E-state index contributed by atoms with van der Waals surface area (Å²) in [5.74, 6) is 0.355. The second kappa shape index (κ2) is 7.95. The molecule has 0 aromatic carbocycles. The third-order valence-electron chi connectivity index (χ3n) is 5.36. The highest BCUT2D eigenvalue weighted by Crippen LogP contribution is 2.39. The quantitative estimate of drug-likeness (QED) is 0.817. The normalized spacial score (nSPS) is 24.0. The Morgan fingerprint density at radius 2 is 2.20 bits per heavy atom. The number of carbonyl (C=O) groups excluding carboxylic acids is 2. The third kappa shape index (κ3) is 4.37. The van der Waals surface area contributed by atoms with Gasteiger partial charge in [-0.2, -0.15) is 0 Å². The van der Waals surface area contributed by atoms with Crippen molar-refractivity contribution in [3.8, 4) is 0 Å². The Bertz CT molecular complexity index is 607. The first-order chi connectivity index (χ1) is 12.1. The van der Waals surface area contributed by atoms with Crippen molar-refractivity contribution in [1.29, 1.82) is 0 Å². The van der Waals surface area contributed by atoms with Crippen LogP contribution in [0.2, 0.25) is 0 Å². The summed E-state index contributed by atoms with van der Waals surface area (Å²) in [5, 5.41) is 0. The van der Waals surface area contributed by atoms with Crippen molar-refractivity contribution in [3.63, 3.8) is 0 Å². The molecule has 136 valence electrons.